The quantitative estimate of drug-likeness (QED) is 0.468. The molecule has 0 N–H and O–H groups in total. The summed E-state index contributed by atoms with van der Waals surface area (Å²) in [5.74, 6) is 1.68. The summed E-state index contributed by atoms with van der Waals surface area (Å²) in [6.45, 7) is 11.6. The first-order valence-electron chi connectivity index (χ1n) is 9.28. The van der Waals surface area contributed by atoms with Gasteiger partial charge >= 0.3 is 0 Å². The molecule has 0 fully saturated rings. The van der Waals surface area contributed by atoms with Gasteiger partial charge in [-0.3, -0.25) is 0 Å². The van der Waals surface area contributed by atoms with Gasteiger partial charge in [-0.05, 0) is 37.5 Å². The van der Waals surface area contributed by atoms with E-state index in [2.05, 4.69) is 55.6 Å². The molecule has 1 aromatic rings. The minimum atomic E-state index is 0.841. The minimum Gasteiger partial charge on any atom is -0.237 e. The molecule has 0 aliphatic heterocycles. The van der Waals surface area contributed by atoms with E-state index in [0.29, 0.717) is 0 Å². The highest BCUT2D eigenvalue weighted by atomic mass is 15.1. The predicted octanol–water partition coefficient (Wildman–Crippen LogP) is 5.21. The van der Waals surface area contributed by atoms with Crippen LogP contribution in [0.1, 0.15) is 79.1 Å². The van der Waals surface area contributed by atoms with Gasteiger partial charge in [0.25, 0.3) is 0 Å². The maximum absolute atomic E-state index is 2.40. The summed E-state index contributed by atoms with van der Waals surface area (Å²) in [6.07, 6.45) is 17.6. The van der Waals surface area contributed by atoms with Gasteiger partial charge in [-0.15, -0.1) is 0 Å². The second-order valence-electron chi connectivity index (χ2n) is 6.64. The standard InChI is InChI=1S/C19H37N2/c1-5-9-11-18(7-3)15-20-13-14-21(17-20)16-19(8-4)12-10-6-2/h13-14,17-19H,5-12,15-16H2,1-4H3/q+1. The Morgan fingerprint density at radius 3 is 2.10 bits per heavy atom. The van der Waals surface area contributed by atoms with Crippen LogP contribution < -0.4 is 4.57 Å². The molecular formula is C19H37N2+. The first kappa shape index (κ1) is 18.3. The number of rotatable bonds is 12. The van der Waals surface area contributed by atoms with Crippen LogP contribution in [0, 0.1) is 11.8 Å². The van der Waals surface area contributed by atoms with Crippen molar-refractivity contribution in [1.82, 2.24) is 4.57 Å². The van der Waals surface area contributed by atoms with E-state index in [4.69, 9.17) is 0 Å². The van der Waals surface area contributed by atoms with Crippen LogP contribution in [0.5, 0.6) is 0 Å². The molecule has 122 valence electrons. The second kappa shape index (κ2) is 10.9. The highest BCUT2D eigenvalue weighted by molar-refractivity contribution is 4.70. The molecule has 21 heavy (non-hydrogen) atoms. The molecular weight excluding hydrogens is 256 g/mol. The normalized spacial score (nSPS) is 14.3. The van der Waals surface area contributed by atoms with Gasteiger partial charge in [0.05, 0.1) is 13.1 Å². The lowest BCUT2D eigenvalue weighted by Crippen LogP contribution is -2.35. The average molecular weight is 294 g/mol. The summed E-state index contributed by atoms with van der Waals surface area (Å²) >= 11 is 0. The molecule has 0 aliphatic carbocycles. The third-order valence-electron chi connectivity index (χ3n) is 4.77. The third-order valence-corrected chi connectivity index (χ3v) is 4.77. The van der Waals surface area contributed by atoms with Crippen LogP contribution in [0.4, 0.5) is 0 Å². The Morgan fingerprint density at radius 1 is 0.905 bits per heavy atom. The van der Waals surface area contributed by atoms with Crippen LogP contribution in [0.15, 0.2) is 18.7 Å². The fourth-order valence-electron chi connectivity index (χ4n) is 3.09. The van der Waals surface area contributed by atoms with Crippen LogP contribution in [-0.4, -0.2) is 4.57 Å². The van der Waals surface area contributed by atoms with Gasteiger partial charge in [0.2, 0.25) is 6.33 Å². The fraction of sp³-hybridized carbons (Fsp3) is 0.842. The number of imidazole rings is 1. The van der Waals surface area contributed by atoms with Crippen molar-refractivity contribution < 1.29 is 4.57 Å². The number of nitrogens with zero attached hydrogens (tertiary/aromatic N) is 2. The van der Waals surface area contributed by atoms with Gasteiger partial charge in [-0.1, -0.05) is 53.4 Å². The fourth-order valence-corrected chi connectivity index (χ4v) is 3.09. The molecule has 0 bridgehead atoms. The number of aromatic nitrogens is 2. The smallest absolute Gasteiger partial charge is 0.237 e. The zero-order valence-corrected chi connectivity index (χ0v) is 14.9. The highest BCUT2D eigenvalue weighted by Crippen LogP contribution is 2.15. The van der Waals surface area contributed by atoms with Crippen molar-refractivity contribution in [2.45, 2.75) is 92.2 Å². The van der Waals surface area contributed by atoms with Crippen molar-refractivity contribution in [3.05, 3.63) is 18.7 Å². The molecule has 1 heterocycles. The first-order valence-corrected chi connectivity index (χ1v) is 9.28. The van der Waals surface area contributed by atoms with Gasteiger partial charge in [0.1, 0.15) is 12.4 Å². The number of unbranched alkanes of at least 4 members (excludes halogenated alkanes) is 2. The lowest BCUT2D eigenvalue weighted by molar-refractivity contribution is -0.703. The van der Waals surface area contributed by atoms with Crippen molar-refractivity contribution in [2.75, 3.05) is 0 Å². The SMILES string of the molecule is CCCCC(CC)Cn1cc[n+](CC(CC)CCCC)c1. The van der Waals surface area contributed by atoms with E-state index < -0.39 is 0 Å². The van der Waals surface area contributed by atoms with E-state index in [1.165, 1.54) is 64.5 Å². The van der Waals surface area contributed by atoms with Crippen LogP contribution in [0.2, 0.25) is 0 Å². The Bertz CT molecular complexity index is 324. The molecule has 0 aliphatic rings. The van der Waals surface area contributed by atoms with Gasteiger partial charge in [0.15, 0.2) is 0 Å². The Labute approximate surface area is 132 Å². The second-order valence-corrected chi connectivity index (χ2v) is 6.64. The zero-order chi connectivity index (χ0) is 15.5. The summed E-state index contributed by atoms with van der Waals surface area (Å²) in [4.78, 5) is 0. The Balaban J connectivity index is 2.47. The molecule has 0 amide bonds. The number of hydrogen-bond donors (Lipinski definition) is 0. The lowest BCUT2D eigenvalue weighted by Gasteiger charge is -2.12. The van der Waals surface area contributed by atoms with Crippen molar-refractivity contribution >= 4 is 0 Å². The van der Waals surface area contributed by atoms with E-state index in [9.17, 15) is 0 Å². The van der Waals surface area contributed by atoms with Gasteiger partial charge in [-0.2, -0.15) is 0 Å². The van der Waals surface area contributed by atoms with Crippen LogP contribution in [-0.2, 0) is 13.1 Å². The third kappa shape index (κ3) is 7.15. The van der Waals surface area contributed by atoms with E-state index in [1.807, 2.05) is 0 Å². The maximum Gasteiger partial charge on any atom is 0.243 e. The van der Waals surface area contributed by atoms with Crippen LogP contribution in [0.3, 0.4) is 0 Å². The molecule has 0 saturated heterocycles. The van der Waals surface area contributed by atoms with E-state index in [0.717, 1.165) is 11.8 Å². The van der Waals surface area contributed by atoms with Crippen LogP contribution >= 0.6 is 0 Å². The molecule has 0 radical (unpaired) electrons. The van der Waals surface area contributed by atoms with E-state index in [1.54, 1.807) is 0 Å². The summed E-state index contributed by atoms with van der Waals surface area (Å²) in [5.41, 5.74) is 0. The molecule has 0 spiro atoms. The first-order chi connectivity index (χ1) is 10.2. The number of hydrogen-bond acceptors (Lipinski definition) is 0. The van der Waals surface area contributed by atoms with Crippen molar-refractivity contribution in [3.63, 3.8) is 0 Å². The van der Waals surface area contributed by atoms with E-state index in [-0.39, 0.29) is 0 Å². The van der Waals surface area contributed by atoms with Crippen molar-refractivity contribution in [2.24, 2.45) is 11.8 Å². The molecule has 0 saturated carbocycles. The van der Waals surface area contributed by atoms with Crippen LogP contribution in [0.25, 0.3) is 0 Å². The van der Waals surface area contributed by atoms with E-state index >= 15 is 0 Å². The molecule has 2 unspecified atom stereocenters. The predicted molar refractivity (Wildman–Crippen MR) is 91.2 cm³/mol. The van der Waals surface area contributed by atoms with Gasteiger partial charge < -0.3 is 0 Å². The summed E-state index contributed by atoms with van der Waals surface area (Å²) in [5, 5.41) is 0. The van der Waals surface area contributed by atoms with Crippen molar-refractivity contribution in [1.29, 1.82) is 0 Å². The highest BCUT2D eigenvalue weighted by Gasteiger charge is 2.14. The average Bonchev–Trinajstić information content (AvgIpc) is 2.94. The maximum atomic E-state index is 2.40. The Hall–Kier alpha value is -0.790. The molecule has 1 aromatic heterocycles. The molecule has 2 heteroatoms. The summed E-state index contributed by atoms with van der Waals surface area (Å²) in [6, 6.07) is 0. The largest absolute Gasteiger partial charge is 0.243 e. The topological polar surface area (TPSA) is 8.81 Å². The zero-order valence-electron chi connectivity index (χ0n) is 14.9. The minimum absolute atomic E-state index is 0.841. The monoisotopic (exact) mass is 293 g/mol. The summed E-state index contributed by atoms with van der Waals surface area (Å²) < 4.78 is 4.80. The lowest BCUT2D eigenvalue weighted by atomic mass is 9.99. The molecule has 2 atom stereocenters. The summed E-state index contributed by atoms with van der Waals surface area (Å²) in [7, 11) is 0. The molecule has 2 nitrogen and oxygen atoms in total. The Morgan fingerprint density at radius 2 is 1.52 bits per heavy atom. The molecule has 1 rings (SSSR count). The van der Waals surface area contributed by atoms with Gasteiger partial charge in [-0.25, -0.2) is 9.13 Å². The van der Waals surface area contributed by atoms with Crippen molar-refractivity contribution in [3.8, 4) is 0 Å². The molecule has 0 aromatic carbocycles. The Kier molecular flexibility index (Phi) is 9.45. The van der Waals surface area contributed by atoms with Gasteiger partial charge in [0, 0.05) is 0 Å².